The van der Waals surface area contributed by atoms with Crippen LogP contribution in [0.2, 0.25) is 0 Å². The Morgan fingerprint density at radius 1 is 1.24 bits per heavy atom. The Labute approximate surface area is 150 Å². The molecule has 4 aliphatic carbocycles. The average Bonchev–Trinajstić information content (AvgIpc) is 2.83. The van der Waals surface area contributed by atoms with E-state index in [1.165, 1.54) is 23.8 Å². The average molecular weight is 364 g/mol. The molecule has 4 fully saturated rings. The van der Waals surface area contributed by atoms with Gasteiger partial charge in [-0.05, 0) is 63.2 Å². The molecule has 6 nitrogen and oxygen atoms in total. The number of carbonyl (C=O) groups excluding carboxylic acids is 2. The molecule has 0 aliphatic heterocycles. The summed E-state index contributed by atoms with van der Waals surface area (Å²) in [4.78, 5) is 35.7. The van der Waals surface area contributed by atoms with Crippen molar-refractivity contribution in [1.82, 2.24) is 9.88 Å². The molecule has 0 radical (unpaired) electrons. The lowest BCUT2D eigenvalue weighted by atomic mass is 9.53. The minimum atomic E-state index is -0.552. The second-order valence-electron chi connectivity index (χ2n) is 8.14. The van der Waals surface area contributed by atoms with E-state index in [2.05, 4.69) is 5.32 Å². The zero-order valence-corrected chi connectivity index (χ0v) is 15.3. The lowest BCUT2D eigenvalue weighted by molar-refractivity contribution is -0.150. The molecule has 7 heteroatoms. The molecule has 136 valence electrons. The number of ether oxygens (including phenoxy) is 1. The number of rotatable bonds is 5. The van der Waals surface area contributed by atoms with Crippen molar-refractivity contribution in [3.8, 4) is 0 Å². The molecule has 0 saturated heterocycles. The van der Waals surface area contributed by atoms with Gasteiger partial charge in [-0.25, -0.2) is 0 Å². The van der Waals surface area contributed by atoms with E-state index >= 15 is 0 Å². The third-order valence-electron chi connectivity index (χ3n) is 6.07. The zero-order valence-electron chi connectivity index (χ0n) is 14.5. The van der Waals surface area contributed by atoms with E-state index in [0.29, 0.717) is 0 Å². The van der Waals surface area contributed by atoms with Gasteiger partial charge in [-0.3, -0.25) is 19.0 Å². The van der Waals surface area contributed by atoms with Gasteiger partial charge < -0.3 is 10.1 Å². The largest absolute Gasteiger partial charge is 0.454 e. The van der Waals surface area contributed by atoms with Gasteiger partial charge in [-0.1, -0.05) is 11.3 Å². The molecular weight excluding hydrogens is 340 g/mol. The molecule has 4 saturated carbocycles. The first-order valence-electron chi connectivity index (χ1n) is 9.04. The summed E-state index contributed by atoms with van der Waals surface area (Å²) < 4.78 is 6.46. The summed E-state index contributed by atoms with van der Waals surface area (Å²) in [7, 11) is 0. The number of aryl methyl sites for hydroxylation is 1. The number of hydrogen-bond donors (Lipinski definition) is 1. The summed E-state index contributed by atoms with van der Waals surface area (Å²) in [5, 5.41) is 4.88. The first kappa shape index (κ1) is 16.8. The second kappa shape index (κ2) is 6.27. The Morgan fingerprint density at radius 2 is 1.84 bits per heavy atom. The molecule has 1 N–H and O–H groups in total. The van der Waals surface area contributed by atoms with Crippen molar-refractivity contribution in [3.63, 3.8) is 0 Å². The van der Waals surface area contributed by atoms with Gasteiger partial charge >= 0.3 is 10.8 Å². The van der Waals surface area contributed by atoms with Gasteiger partial charge in [0.25, 0.3) is 5.91 Å². The highest BCUT2D eigenvalue weighted by Gasteiger charge is 2.51. The van der Waals surface area contributed by atoms with E-state index in [0.717, 1.165) is 54.0 Å². The number of esters is 1. The number of nitrogens with zero attached hydrogens (tertiary/aromatic N) is 1. The Hall–Kier alpha value is -1.63. The minimum absolute atomic E-state index is 0.0703. The van der Waals surface area contributed by atoms with Crippen LogP contribution in [-0.2, 0) is 20.9 Å². The highest BCUT2D eigenvalue weighted by Crippen LogP contribution is 2.55. The third kappa shape index (κ3) is 3.38. The SMILES string of the molecule is Cc1csc(=O)n1CC(=O)OCC(=O)NC12CC3CC(CC(C3)C1)C2. The molecule has 4 bridgehead atoms. The maximum atomic E-state index is 12.3. The van der Waals surface area contributed by atoms with Crippen molar-refractivity contribution in [2.24, 2.45) is 17.8 Å². The Bertz CT molecular complexity index is 715. The molecule has 1 aromatic rings. The van der Waals surface area contributed by atoms with Gasteiger partial charge in [0.15, 0.2) is 6.61 Å². The number of thiazole rings is 1. The van der Waals surface area contributed by atoms with Crippen LogP contribution in [0.4, 0.5) is 0 Å². The van der Waals surface area contributed by atoms with Crippen LogP contribution in [0.3, 0.4) is 0 Å². The van der Waals surface area contributed by atoms with Crippen molar-refractivity contribution in [1.29, 1.82) is 0 Å². The van der Waals surface area contributed by atoms with Gasteiger partial charge in [-0.2, -0.15) is 0 Å². The van der Waals surface area contributed by atoms with Gasteiger partial charge in [-0.15, -0.1) is 0 Å². The summed E-state index contributed by atoms with van der Waals surface area (Å²) in [5.41, 5.74) is 0.657. The predicted molar refractivity (Wildman–Crippen MR) is 93.3 cm³/mol. The van der Waals surface area contributed by atoms with Crippen LogP contribution in [0.15, 0.2) is 10.2 Å². The standard InChI is InChI=1S/C18H24N2O4S/c1-11-10-25-17(23)20(11)8-16(22)24-9-15(21)19-18-5-12-2-13(6-18)4-14(3-12)7-18/h10,12-14H,2-9H2,1H3,(H,19,21). The quantitative estimate of drug-likeness (QED) is 0.809. The third-order valence-corrected chi connectivity index (χ3v) is 6.95. The second-order valence-corrected chi connectivity index (χ2v) is 8.96. The molecule has 0 aromatic carbocycles. The van der Waals surface area contributed by atoms with Crippen LogP contribution in [0.1, 0.15) is 44.2 Å². The normalized spacial score (nSPS) is 32.6. The lowest BCUT2D eigenvalue weighted by Gasteiger charge is -2.56. The molecule has 1 amide bonds. The van der Waals surface area contributed by atoms with Crippen LogP contribution in [0.25, 0.3) is 0 Å². The molecule has 0 atom stereocenters. The van der Waals surface area contributed by atoms with Crippen molar-refractivity contribution >= 4 is 23.2 Å². The summed E-state index contributed by atoms with van der Waals surface area (Å²) >= 11 is 1.05. The fourth-order valence-electron chi connectivity index (χ4n) is 5.51. The minimum Gasteiger partial charge on any atom is -0.454 e. The Kier molecular flexibility index (Phi) is 4.22. The maximum Gasteiger partial charge on any atom is 0.326 e. The molecule has 1 aromatic heterocycles. The van der Waals surface area contributed by atoms with Gasteiger partial charge in [0, 0.05) is 16.6 Å². The van der Waals surface area contributed by atoms with E-state index in [4.69, 9.17) is 4.74 Å². The van der Waals surface area contributed by atoms with E-state index in [-0.39, 0.29) is 29.5 Å². The summed E-state index contributed by atoms with van der Waals surface area (Å²) in [6.45, 7) is 1.36. The predicted octanol–water partition coefficient (Wildman–Crippen LogP) is 1.85. The van der Waals surface area contributed by atoms with Gasteiger partial charge in [0.1, 0.15) is 6.54 Å². The first-order valence-corrected chi connectivity index (χ1v) is 9.92. The van der Waals surface area contributed by atoms with E-state index in [9.17, 15) is 14.4 Å². The molecule has 0 unspecified atom stereocenters. The van der Waals surface area contributed by atoms with E-state index in [1.807, 2.05) is 0 Å². The molecular formula is C18H24N2O4S. The number of hydrogen-bond acceptors (Lipinski definition) is 5. The first-order chi connectivity index (χ1) is 11.9. The summed E-state index contributed by atoms with van der Waals surface area (Å²) in [6, 6.07) is 0. The highest BCUT2D eigenvalue weighted by atomic mass is 32.1. The van der Waals surface area contributed by atoms with E-state index < -0.39 is 5.97 Å². The van der Waals surface area contributed by atoms with Gasteiger partial charge in [0.05, 0.1) is 0 Å². The smallest absolute Gasteiger partial charge is 0.326 e. The number of carbonyl (C=O) groups is 2. The monoisotopic (exact) mass is 364 g/mol. The number of nitrogens with one attached hydrogen (secondary N) is 1. The van der Waals surface area contributed by atoms with Crippen molar-refractivity contribution in [2.45, 2.75) is 57.5 Å². The fraction of sp³-hybridized carbons (Fsp3) is 0.722. The van der Waals surface area contributed by atoms with Crippen LogP contribution in [0.5, 0.6) is 0 Å². The van der Waals surface area contributed by atoms with Crippen LogP contribution >= 0.6 is 11.3 Å². The van der Waals surface area contributed by atoms with Crippen LogP contribution in [0, 0.1) is 24.7 Å². The fourth-order valence-corrected chi connectivity index (χ4v) is 6.25. The molecule has 25 heavy (non-hydrogen) atoms. The molecule has 4 aliphatic rings. The lowest BCUT2D eigenvalue weighted by Crippen LogP contribution is -2.60. The zero-order chi connectivity index (χ0) is 17.6. The summed E-state index contributed by atoms with van der Waals surface area (Å²) in [6.07, 6.45) is 7.17. The number of aromatic nitrogens is 1. The number of amides is 1. The molecule has 0 spiro atoms. The highest BCUT2D eigenvalue weighted by molar-refractivity contribution is 7.07. The van der Waals surface area contributed by atoms with Crippen molar-refractivity contribution < 1.29 is 14.3 Å². The van der Waals surface area contributed by atoms with Crippen molar-refractivity contribution in [3.05, 3.63) is 20.7 Å². The maximum absolute atomic E-state index is 12.3. The molecule has 1 heterocycles. The van der Waals surface area contributed by atoms with E-state index in [1.54, 1.807) is 12.3 Å². The Morgan fingerprint density at radius 3 is 2.36 bits per heavy atom. The topological polar surface area (TPSA) is 77.4 Å². The summed E-state index contributed by atoms with van der Waals surface area (Å²) in [5.74, 6) is 1.49. The Balaban J connectivity index is 1.29. The van der Waals surface area contributed by atoms with Crippen molar-refractivity contribution in [2.75, 3.05) is 6.61 Å². The van der Waals surface area contributed by atoms with Gasteiger partial charge in [0.2, 0.25) is 0 Å². The van der Waals surface area contributed by atoms with Crippen LogP contribution in [-0.4, -0.2) is 28.6 Å². The van der Waals surface area contributed by atoms with Crippen LogP contribution < -0.4 is 10.2 Å². The molecule has 5 rings (SSSR count).